The van der Waals surface area contributed by atoms with Gasteiger partial charge in [-0.15, -0.1) is 11.3 Å². The van der Waals surface area contributed by atoms with E-state index >= 15 is 0 Å². The molecule has 0 fully saturated rings. The molecule has 2 unspecified atom stereocenters. The predicted molar refractivity (Wildman–Crippen MR) is 80.1 cm³/mol. The van der Waals surface area contributed by atoms with Crippen molar-refractivity contribution in [3.63, 3.8) is 0 Å². The lowest BCUT2D eigenvalue weighted by molar-refractivity contribution is 0.129. The van der Waals surface area contributed by atoms with E-state index in [4.69, 9.17) is 4.42 Å². The molecule has 114 valence electrons. The molecule has 7 heteroatoms. The maximum Gasteiger partial charge on any atom is 0.315 e. The zero-order valence-electron chi connectivity index (χ0n) is 11.8. The van der Waals surface area contributed by atoms with Crippen LogP contribution in [0.2, 0.25) is 0 Å². The second-order valence-corrected chi connectivity index (χ2v) is 5.52. The molecule has 0 aliphatic carbocycles. The number of hydrogen-bond donors (Lipinski definition) is 3. The summed E-state index contributed by atoms with van der Waals surface area (Å²) in [5.74, 6) is 0.507. The Labute approximate surface area is 127 Å². The molecule has 0 saturated carbocycles. The predicted octanol–water partition coefficient (Wildman–Crippen LogP) is 2.09. The molecule has 2 aromatic rings. The molecule has 0 aliphatic heterocycles. The Morgan fingerprint density at radius 3 is 3.10 bits per heavy atom. The molecule has 2 rings (SSSR count). The SMILES string of the molecule is CC(CC(O)c1ccco1)NC(=O)NCCc1cscn1. The number of aromatic nitrogens is 1. The molecule has 0 radical (unpaired) electrons. The molecule has 21 heavy (non-hydrogen) atoms. The fraction of sp³-hybridized carbons (Fsp3) is 0.429. The van der Waals surface area contributed by atoms with Gasteiger partial charge in [0.1, 0.15) is 11.9 Å². The Balaban J connectivity index is 1.65. The lowest BCUT2D eigenvalue weighted by Gasteiger charge is -2.17. The number of nitrogens with zero attached hydrogens (tertiary/aromatic N) is 1. The van der Waals surface area contributed by atoms with Crippen molar-refractivity contribution in [3.8, 4) is 0 Å². The normalized spacial score (nSPS) is 13.6. The van der Waals surface area contributed by atoms with Gasteiger partial charge in [0.05, 0.1) is 17.5 Å². The summed E-state index contributed by atoms with van der Waals surface area (Å²) >= 11 is 1.54. The first kappa shape index (κ1) is 15.5. The van der Waals surface area contributed by atoms with Gasteiger partial charge in [-0.3, -0.25) is 0 Å². The number of carbonyl (C=O) groups is 1. The Bertz CT molecular complexity index is 528. The highest BCUT2D eigenvalue weighted by Crippen LogP contribution is 2.18. The highest BCUT2D eigenvalue weighted by atomic mass is 32.1. The average molecular weight is 309 g/mol. The number of hydrogen-bond acceptors (Lipinski definition) is 5. The fourth-order valence-electron chi connectivity index (χ4n) is 1.93. The van der Waals surface area contributed by atoms with Crippen LogP contribution in [-0.2, 0) is 6.42 Å². The highest BCUT2D eigenvalue weighted by molar-refractivity contribution is 7.07. The summed E-state index contributed by atoms with van der Waals surface area (Å²) in [5.41, 5.74) is 2.75. The zero-order chi connectivity index (χ0) is 15.1. The fourth-order valence-corrected chi connectivity index (χ4v) is 2.52. The van der Waals surface area contributed by atoms with E-state index in [0.29, 0.717) is 25.1 Å². The number of rotatable bonds is 7. The van der Waals surface area contributed by atoms with Crippen LogP contribution in [0.15, 0.2) is 33.7 Å². The summed E-state index contributed by atoms with van der Waals surface area (Å²) in [6, 6.07) is 3.03. The van der Waals surface area contributed by atoms with Gasteiger partial charge in [-0.25, -0.2) is 9.78 Å². The number of nitrogens with one attached hydrogen (secondary N) is 2. The second kappa shape index (κ2) is 7.80. The number of aliphatic hydroxyl groups excluding tert-OH is 1. The maximum atomic E-state index is 11.7. The van der Waals surface area contributed by atoms with Crippen molar-refractivity contribution in [2.75, 3.05) is 6.54 Å². The number of urea groups is 1. The first-order chi connectivity index (χ1) is 10.1. The first-order valence-corrected chi connectivity index (χ1v) is 7.72. The number of amides is 2. The Kier molecular flexibility index (Phi) is 5.77. The molecule has 0 aromatic carbocycles. The van der Waals surface area contributed by atoms with Crippen molar-refractivity contribution in [1.29, 1.82) is 0 Å². The van der Waals surface area contributed by atoms with Crippen molar-refractivity contribution in [1.82, 2.24) is 15.6 Å². The van der Waals surface area contributed by atoms with Crippen LogP contribution in [0.25, 0.3) is 0 Å². The van der Waals surface area contributed by atoms with Gasteiger partial charge in [0, 0.05) is 30.8 Å². The zero-order valence-corrected chi connectivity index (χ0v) is 12.6. The van der Waals surface area contributed by atoms with E-state index in [1.165, 1.54) is 17.6 Å². The molecular weight excluding hydrogens is 290 g/mol. The minimum absolute atomic E-state index is 0.163. The molecule has 2 aromatic heterocycles. The highest BCUT2D eigenvalue weighted by Gasteiger charge is 2.16. The smallest absolute Gasteiger partial charge is 0.315 e. The van der Waals surface area contributed by atoms with E-state index in [-0.39, 0.29) is 12.1 Å². The van der Waals surface area contributed by atoms with Crippen LogP contribution in [0.5, 0.6) is 0 Å². The van der Waals surface area contributed by atoms with Crippen LogP contribution >= 0.6 is 11.3 Å². The van der Waals surface area contributed by atoms with Crippen LogP contribution < -0.4 is 10.6 Å². The lowest BCUT2D eigenvalue weighted by Crippen LogP contribution is -2.42. The summed E-state index contributed by atoms with van der Waals surface area (Å²) in [7, 11) is 0. The van der Waals surface area contributed by atoms with E-state index in [0.717, 1.165) is 5.69 Å². The van der Waals surface area contributed by atoms with Gasteiger partial charge in [-0.05, 0) is 19.1 Å². The Morgan fingerprint density at radius 2 is 2.43 bits per heavy atom. The molecular formula is C14H19N3O3S. The third kappa shape index (κ3) is 5.20. The third-order valence-electron chi connectivity index (χ3n) is 2.98. The standard InChI is InChI=1S/C14H19N3O3S/c1-10(7-12(18)13-3-2-6-20-13)17-14(19)15-5-4-11-8-21-9-16-11/h2-3,6,8-10,12,18H,4-5,7H2,1H3,(H2,15,17,19). The Morgan fingerprint density at radius 1 is 1.57 bits per heavy atom. The van der Waals surface area contributed by atoms with Gasteiger partial charge in [0.2, 0.25) is 0 Å². The third-order valence-corrected chi connectivity index (χ3v) is 3.61. The summed E-state index contributed by atoms with van der Waals surface area (Å²) in [4.78, 5) is 15.9. The number of furan rings is 1. The minimum Gasteiger partial charge on any atom is -0.467 e. The van der Waals surface area contributed by atoms with Gasteiger partial charge < -0.3 is 20.2 Å². The molecule has 0 aliphatic rings. The van der Waals surface area contributed by atoms with Crippen molar-refractivity contribution in [3.05, 3.63) is 40.7 Å². The average Bonchev–Trinajstić information content (AvgIpc) is 3.11. The lowest BCUT2D eigenvalue weighted by atomic mass is 10.1. The van der Waals surface area contributed by atoms with Gasteiger partial charge in [0.15, 0.2) is 0 Å². The largest absolute Gasteiger partial charge is 0.467 e. The van der Waals surface area contributed by atoms with Crippen molar-refractivity contribution >= 4 is 17.4 Å². The van der Waals surface area contributed by atoms with E-state index in [1.54, 1.807) is 17.6 Å². The number of aliphatic hydroxyl groups is 1. The van der Waals surface area contributed by atoms with Crippen LogP contribution in [0.1, 0.15) is 30.9 Å². The molecule has 0 spiro atoms. The molecule has 0 bridgehead atoms. The summed E-state index contributed by atoms with van der Waals surface area (Å²) in [6.07, 6.45) is 1.90. The van der Waals surface area contributed by atoms with Crippen molar-refractivity contribution in [2.45, 2.75) is 31.9 Å². The van der Waals surface area contributed by atoms with E-state index < -0.39 is 6.10 Å². The summed E-state index contributed by atoms with van der Waals surface area (Å²) < 4.78 is 5.12. The van der Waals surface area contributed by atoms with E-state index in [1.807, 2.05) is 12.3 Å². The Hall–Kier alpha value is -1.86. The molecule has 0 saturated heterocycles. The molecule has 2 amide bonds. The van der Waals surface area contributed by atoms with Crippen LogP contribution in [-0.4, -0.2) is 28.7 Å². The van der Waals surface area contributed by atoms with Crippen molar-refractivity contribution < 1.29 is 14.3 Å². The molecule has 2 atom stereocenters. The topological polar surface area (TPSA) is 87.4 Å². The van der Waals surface area contributed by atoms with Gasteiger partial charge >= 0.3 is 6.03 Å². The van der Waals surface area contributed by atoms with E-state index in [9.17, 15) is 9.90 Å². The van der Waals surface area contributed by atoms with Crippen molar-refractivity contribution in [2.24, 2.45) is 0 Å². The van der Waals surface area contributed by atoms with Crippen LogP contribution in [0.4, 0.5) is 4.79 Å². The van der Waals surface area contributed by atoms with Crippen LogP contribution in [0.3, 0.4) is 0 Å². The van der Waals surface area contributed by atoms with Gasteiger partial charge in [-0.1, -0.05) is 0 Å². The molecule has 2 heterocycles. The quantitative estimate of drug-likeness (QED) is 0.731. The van der Waals surface area contributed by atoms with Gasteiger partial charge in [-0.2, -0.15) is 0 Å². The monoisotopic (exact) mass is 309 g/mol. The molecule has 3 N–H and O–H groups in total. The van der Waals surface area contributed by atoms with Gasteiger partial charge in [0.25, 0.3) is 0 Å². The summed E-state index contributed by atoms with van der Waals surface area (Å²) in [6.45, 7) is 2.37. The molecule has 6 nitrogen and oxygen atoms in total. The first-order valence-electron chi connectivity index (χ1n) is 6.78. The van der Waals surface area contributed by atoms with Crippen LogP contribution in [0, 0.1) is 0 Å². The number of thiazole rings is 1. The van der Waals surface area contributed by atoms with E-state index in [2.05, 4.69) is 15.6 Å². The minimum atomic E-state index is -0.717. The summed E-state index contributed by atoms with van der Waals surface area (Å²) in [5, 5.41) is 17.4. The second-order valence-electron chi connectivity index (χ2n) is 4.80. The maximum absolute atomic E-state index is 11.7. The number of carbonyl (C=O) groups excluding carboxylic acids is 1.